The first-order valence-corrected chi connectivity index (χ1v) is 10.2. The highest BCUT2D eigenvalue weighted by Crippen LogP contribution is 2.44. The van der Waals surface area contributed by atoms with Gasteiger partial charge in [-0.05, 0) is 32.4 Å². The molecule has 5 nitrogen and oxygen atoms in total. The van der Waals surface area contributed by atoms with Crippen molar-refractivity contribution >= 4 is 5.69 Å². The molecule has 0 radical (unpaired) electrons. The topological polar surface area (TPSA) is 54.2 Å². The van der Waals surface area contributed by atoms with Crippen LogP contribution in [0.5, 0.6) is 0 Å². The van der Waals surface area contributed by atoms with Crippen LogP contribution in [0.25, 0.3) is 22.5 Å². The van der Waals surface area contributed by atoms with E-state index in [0.29, 0.717) is 6.54 Å². The SMILES string of the molecule is CC(C)(C)C(O)N1Cc2ccccc2-c2nnn(C(C)(C)C)c2-c2ccccc21. The maximum absolute atomic E-state index is 11.3. The van der Waals surface area contributed by atoms with Crippen molar-refractivity contribution in [3.63, 3.8) is 0 Å². The van der Waals surface area contributed by atoms with Crippen LogP contribution in [0.2, 0.25) is 0 Å². The quantitative estimate of drug-likeness (QED) is 0.632. The smallest absolute Gasteiger partial charge is 0.132 e. The molecule has 2 heterocycles. The van der Waals surface area contributed by atoms with E-state index in [1.54, 1.807) is 0 Å². The third kappa shape index (κ3) is 3.33. The van der Waals surface area contributed by atoms with Gasteiger partial charge in [-0.15, -0.1) is 5.10 Å². The molecule has 0 amide bonds. The lowest BCUT2D eigenvalue weighted by atomic mass is 9.89. The van der Waals surface area contributed by atoms with Gasteiger partial charge >= 0.3 is 0 Å². The number of hydrogen-bond acceptors (Lipinski definition) is 4. The van der Waals surface area contributed by atoms with Crippen LogP contribution in [0.1, 0.15) is 47.1 Å². The van der Waals surface area contributed by atoms with Gasteiger partial charge in [0.25, 0.3) is 0 Å². The average Bonchev–Trinajstić information content (AvgIpc) is 3.09. The third-order valence-corrected chi connectivity index (χ3v) is 5.46. The molecule has 3 aromatic rings. The maximum Gasteiger partial charge on any atom is 0.132 e. The van der Waals surface area contributed by atoms with Gasteiger partial charge in [-0.3, -0.25) is 0 Å². The van der Waals surface area contributed by atoms with E-state index in [9.17, 15) is 5.11 Å². The first-order chi connectivity index (χ1) is 13.6. The van der Waals surface area contributed by atoms with Gasteiger partial charge in [0.2, 0.25) is 0 Å². The van der Waals surface area contributed by atoms with Crippen LogP contribution in [-0.4, -0.2) is 26.3 Å². The molecule has 0 saturated heterocycles. The maximum atomic E-state index is 11.3. The lowest BCUT2D eigenvalue weighted by Crippen LogP contribution is -2.44. The minimum Gasteiger partial charge on any atom is -0.373 e. The van der Waals surface area contributed by atoms with E-state index in [1.165, 1.54) is 0 Å². The lowest BCUT2D eigenvalue weighted by Gasteiger charge is -2.40. The molecule has 1 atom stereocenters. The van der Waals surface area contributed by atoms with Crippen molar-refractivity contribution in [2.24, 2.45) is 5.41 Å². The first kappa shape index (κ1) is 19.6. The number of anilines is 1. The summed E-state index contributed by atoms with van der Waals surface area (Å²) in [5.74, 6) is 0. The predicted molar refractivity (Wildman–Crippen MR) is 118 cm³/mol. The first-order valence-electron chi connectivity index (χ1n) is 10.2. The summed E-state index contributed by atoms with van der Waals surface area (Å²) in [6, 6.07) is 16.6. The van der Waals surface area contributed by atoms with Gasteiger partial charge in [-0.2, -0.15) is 0 Å². The van der Waals surface area contributed by atoms with Crippen molar-refractivity contribution in [3.05, 3.63) is 54.1 Å². The summed E-state index contributed by atoms with van der Waals surface area (Å²) in [6.07, 6.45) is -0.641. The molecule has 1 unspecified atom stereocenters. The molecule has 0 saturated carbocycles. The Labute approximate surface area is 173 Å². The van der Waals surface area contributed by atoms with Crippen molar-refractivity contribution in [3.8, 4) is 22.5 Å². The molecule has 2 aromatic carbocycles. The summed E-state index contributed by atoms with van der Waals surface area (Å²) in [4.78, 5) is 2.11. The van der Waals surface area contributed by atoms with E-state index in [1.807, 2.05) is 28.9 Å². The molecule has 0 bridgehead atoms. The number of aromatic nitrogens is 3. The lowest BCUT2D eigenvalue weighted by molar-refractivity contribution is 0.0583. The normalized spacial score (nSPS) is 15.1. The molecule has 1 aromatic heterocycles. The van der Waals surface area contributed by atoms with Crippen molar-refractivity contribution in [1.29, 1.82) is 0 Å². The second kappa shape index (κ2) is 6.70. The summed E-state index contributed by atoms with van der Waals surface area (Å²) < 4.78 is 2.00. The highest BCUT2D eigenvalue weighted by molar-refractivity contribution is 5.88. The molecule has 152 valence electrons. The number of nitrogens with zero attached hydrogens (tertiary/aromatic N) is 4. The number of aliphatic hydroxyl groups excluding tert-OH is 1. The van der Waals surface area contributed by atoms with Crippen LogP contribution < -0.4 is 4.90 Å². The third-order valence-electron chi connectivity index (χ3n) is 5.46. The van der Waals surface area contributed by atoms with E-state index in [4.69, 9.17) is 0 Å². The number of hydrogen-bond donors (Lipinski definition) is 1. The van der Waals surface area contributed by atoms with Crippen molar-refractivity contribution in [2.75, 3.05) is 4.90 Å². The Morgan fingerprint density at radius 2 is 1.52 bits per heavy atom. The fourth-order valence-corrected chi connectivity index (χ4v) is 3.94. The summed E-state index contributed by atoms with van der Waals surface area (Å²) >= 11 is 0. The van der Waals surface area contributed by atoms with Crippen LogP contribution >= 0.6 is 0 Å². The summed E-state index contributed by atoms with van der Waals surface area (Å²) in [7, 11) is 0. The van der Waals surface area contributed by atoms with E-state index < -0.39 is 6.23 Å². The number of rotatable bonds is 1. The summed E-state index contributed by atoms with van der Waals surface area (Å²) in [5.41, 5.74) is 5.60. The summed E-state index contributed by atoms with van der Waals surface area (Å²) in [6.45, 7) is 13.2. The van der Waals surface area contributed by atoms with Gasteiger partial charge in [0.1, 0.15) is 11.9 Å². The van der Waals surface area contributed by atoms with Gasteiger partial charge in [0.15, 0.2) is 0 Å². The van der Waals surface area contributed by atoms with Gasteiger partial charge in [-0.25, -0.2) is 4.68 Å². The number of benzene rings is 2. The molecule has 4 rings (SSSR count). The van der Waals surface area contributed by atoms with Crippen LogP contribution in [0.4, 0.5) is 5.69 Å². The molecule has 5 heteroatoms. The zero-order chi connectivity index (χ0) is 21.0. The Morgan fingerprint density at radius 1 is 0.897 bits per heavy atom. The molecular weight excluding hydrogens is 360 g/mol. The number of para-hydroxylation sites is 1. The standard InChI is InChI=1S/C24H30N4O/c1-23(2,3)22(29)27-15-16-11-7-8-12-17(16)20-21(18-13-9-10-14-19(18)27)28(26-25-20)24(4,5)6/h7-14,22,29H,15H2,1-6H3. The minimum atomic E-state index is -0.641. The van der Waals surface area contributed by atoms with Crippen LogP contribution in [0, 0.1) is 5.41 Å². The molecular formula is C24H30N4O. The van der Waals surface area contributed by atoms with Crippen LogP contribution in [0.3, 0.4) is 0 Å². The van der Waals surface area contributed by atoms with Crippen LogP contribution in [0.15, 0.2) is 48.5 Å². The van der Waals surface area contributed by atoms with E-state index in [2.05, 4.69) is 81.0 Å². The zero-order valence-electron chi connectivity index (χ0n) is 18.1. The fraction of sp³-hybridized carbons (Fsp3) is 0.417. The molecule has 0 spiro atoms. The van der Waals surface area contributed by atoms with Gasteiger partial charge < -0.3 is 10.0 Å². The minimum absolute atomic E-state index is 0.227. The van der Waals surface area contributed by atoms with Crippen molar-refractivity contribution in [2.45, 2.75) is 59.9 Å². The second-order valence-corrected chi connectivity index (χ2v) is 9.91. The number of aliphatic hydroxyl groups is 1. The van der Waals surface area contributed by atoms with Crippen molar-refractivity contribution < 1.29 is 5.11 Å². The van der Waals surface area contributed by atoms with Gasteiger partial charge in [-0.1, -0.05) is 68.4 Å². The predicted octanol–water partition coefficient (Wildman–Crippen LogP) is 5.05. The fourth-order valence-electron chi connectivity index (χ4n) is 3.94. The Hall–Kier alpha value is -2.66. The second-order valence-electron chi connectivity index (χ2n) is 9.91. The Balaban J connectivity index is 2.08. The number of fused-ring (bicyclic) bond motifs is 5. The monoisotopic (exact) mass is 390 g/mol. The van der Waals surface area contributed by atoms with Gasteiger partial charge in [0.05, 0.1) is 11.2 Å². The summed E-state index contributed by atoms with van der Waals surface area (Å²) in [5, 5.41) is 20.5. The Kier molecular flexibility index (Phi) is 4.54. The highest BCUT2D eigenvalue weighted by Gasteiger charge is 2.35. The largest absolute Gasteiger partial charge is 0.373 e. The average molecular weight is 391 g/mol. The highest BCUT2D eigenvalue weighted by atomic mass is 16.3. The Morgan fingerprint density at radius 3 is 2.17 bits per heavy atom. The zero-order valence-corrected chi connectivity index (χ0v) is 18.1. The van der Waals surface area contributed by atoms with E-state index in [-0.39, 0.29) is 11.0 Å². The van der Waals surface area contributed by atoms with Crippen LogP contribution in [-0.2, 0) is 12.1 Å². The Bertz CT molecular complexity index is 1040. The van der Waals surface area contributed by atoms with E-state index >= 15 is 0 Å². The molecule has 1 aliphatic rings. The molecule has 1 N–H and O–H groups in total. The van der Waals surface area contributed by atoms with Crippen molar-refractivity contribution in [1.82, 2.24) is 15.0 Å². The van der Waals surface area contributed by atoms with Gasteiger partial charge in [0, 0.05) is 28.8 Å². The van der Waals surface area contributed by atoms with E-state index in [0.717, 1.165) is 33.8 Å². The molecule has 29 heavy (non-hydrogen) atoms. The molecule has 0 aliphatic carbocycles. The molecule has 1 aliphatic heterocycles. The molecule has 0 fully saturated rings.